The van der Waals surface area contributed by atoms with E-state index in [9.17, 15) is 15.0 Å². The summed E-state index contributed by atoms with van der Waals surface area (Å²) < 4.78 is 4.84. The molecule has 4 rings (SSSR count). The first-order valence-corrected chi connectivity index (χ1v) is 12.6. The average molecular weight is 448 g/mol. The Hall–Kier alpha value is -1.30. The second kappa shape index (κ2) is 8.81. The second-order valence-corrected chi connectivity index (χ2v) is 11.8. The Morgan fingerprint density at radius 1 is 1.19 bits per heavy atom. The minimum Gasteiger partial charge on any atom is -0.469 e. The molecule has 7 nitrogen and oxygen atoms in total. The Kier molecular flexibility index (Phi) is 6.56. The largest absolute Gasteiger partial charge is 0.469 e. The number of carbonyl (C=O) groups is 1. The van der Waals surface area contributed by atoms with E-state index >= 15 is 0 Å². The molecule has 0 amide bonds. The van der Waals surface area contributed by atoms with Crippen molar-refractivity contribution in [3.8, 4) is 0 Å². The molecule has 11 atom stereocenters. The third-order valence-corrected chi connectivity index (χ3v) is 10.8. The van der Waals surface area contributed by atoms with Crippen molar-refractivity contribution in [1.29, 1.82) is 0 Å². The molecule has 0 aliphatic heterocycles. The van der Waals surface area contributed by atoms with Crippen LogP contribution in [0.1, 0.15) is 78.6 Å². The van der Waals surface area contributed by atoms with Crippen LogP contribution >= 0.6 is 0 Å². The van der Waals surface area contributed by atoms with Crippen LogP contribution in [0.3, 0.4) is 0 Å². The lowest BCUT2D eigenvalue weighted by molar-refractivity contribution is -0.202. The van der Waals surface area contributed by atoms with E-state index < -0.39 is 0 Å². The van der Waals surface area contributed by atoms with Gasteiger partial charge in [0.05, 0.1) is 19.3 Å². The number of rotatable bonds is 5. The van der Waals surface area contributed by atoms with Crippen LogP contribution < -0.4 is 0 Å². The lowest BCUT2D eigenvalue weighted by Gasteiger charge is -2.63. The summed E-state index contributed by atoms with van der Waals surface area (Å²) in [6.07, 6.45) is 6.83. The smallest absolute Gasteiger partial charge is 0.305 e. The van der Waals surface area contributed by atoms with Crippen LogP contribution in [-0.4, -0.2) is 41.5 Å². The van der Waals surface area contributed by atoms with Crippen molar-refractivity contribution in [2.45, 2.75) is 96.8 Å². The van der Waals surface area contributed by atoms with Gasteiger partial charge >= 0.3 is 5.97 Å². The highest BCUT2D eigenvalue weighted by Crippen LogP contribution is 2.68. The molecule has 32 heavy (non-hydrogen) atoms. The zero-order valence-corrected chi connectivity index (χ0v) is 20.1. The fourth-order valence-corrected chi connectivity index (χ4v) is 8.96. The van der Waals surface area contributed by atoms with E-state index in [2.05, 4.69) is 30.8 Å². The zero-order valence-electron chi connectivity index (χ0n) is 20.1. The number of aliphatic hydroxyl groups excluding tert-OH is 2. The van der Waals surface area contributed by atoms with E-state index in [1.165, 1.54) is 7.11 Å². The van der Waals surface area contributed by atoms with E-state index in [-0.39, 0.29) is 41.0 Å². The quantitative estimate of drug-likeness (QED) is 0.271. The molecule has 0 radical (unpaired) electrons. The Balaban J connectivity index is 1.57. The lowest BCUT2D eigenvalue weighted by Crippen LogP contribution is -2.62. The maximum absolute atomic E-state index is 11.7. The first-order valence-electron chi connectivity index (χ1n) is 12.6. The molecule has 0 aromatic heterocycles. The second-order valence-electron chi connectivity index (χ2n) is 11.8. The van der Waals surface area contributed by atoms with Crippen LogP contribution in [-0.2, 0) is 9.53 Å². The van der Waals surface area contributed by atoms with Crippen molar-refractivity contribution in [2.24, 2.45) is 51.5 Å². The molecule has 0 heterocycles. The highest BCUT2D eigenvalue weighted by atomic mass is 16.5. The maximum atomic E-state index is 11.7. The van der Waals surface area contributed by atoms with Crippen LogP contribution in [0, 0.1) is 46.3 Å². The van der Waals surface area contributed by atoms with Crippen molar-refractivity contribution in [3.05, 3.63) is 10.4 Å². The molecule has 0 aromatic rings. The number of esters is 1. The molecule has 5 unspecified atom stereocenters. The molecule has 4 aliphatic carbocycles. The molecule has 0 saturated heterocycles. The Labute approximate surface area is 191 Å². The third kappa shape index (κ3) is 3.65. The summed E-state index contributed by atoms with van der Waals surface area (Å²) in [5, 5.41) is 27.0. The van der Waals surface area contributed by atoms with Gasteiger partial charge in [0, 0.05) is 17.4 Å². The van der Waals surface area contributed by atoms with Crippen LogP contribution in [0.25, 0.3) is 10.4 Å². The molecule has 7 heteroatoms. The fourth-order valence-electron chi connectivity index (χ4n) is 8.96. The summed E-state index contributed by atoms with van der Waals surface area (Å²) in [6.45, 7) is 6.84. The number of hydrogen-bond donors (Lipinski definition) is 2. The zero-order chi connectivity index (χ0) is 23.3. The van der Waals surface area contributed by atoms with Crippen LogP contribution in [0.4, 0.5) is 0 Å². The van der Waals surface area contributed by atoms with Gasteiger partial charge in [0.1, 0.15) is 0 Å². The van der Waals surface area contributed by atoms with Gasteiger partial charge in [0.2, 0.25) is 0 Å². The van der Waals surface area contributed by atoms with Gasteiger partial charge in [-0.3, -0.25) is 4.79 Å². The number of azide groups is 1. The van der Waals surface area contributed by atoms with Crippen molar-refractivity contribution in [2.75, 3.05) is 7.11 Å². The number of carbonyl (C=O) groups excluding carboxylic acids is 1. The molecular formula is C25H41N3O4. The van der Waals surface area contributed by atoms with E-state index in [4.69, 9.17) is 10.3 Å². The maximum Gasteiger partial charge on any atom is 0.305 e. The first-order chi connectivity index (χ1) is 15.2. The van der Waals surface area contributed by atoms with Crippen LogP contribution in [0.5, 0.6) is 0 Å². The summed E-state index contributed by atoms with van der Waals surface area (Å²) in [4.78, 5) is 14.7. The highest BCUT2D eigenvalue weighted by molar-refractivity contribution is 5.69. The standard InChI is InChI=1S/C25H41N3O4/c1-14(5-8-22(31)32-4)17-6-7-18-23-19(13-21(30)25(17,18)3)24(2)10-9-16(27-28-26)11-15(24)12-20(23)29/h14-21,23,29-30H,5-13H2,1-4H3/t14?,15-,16-,17?,18?,19?,20+,21-,23?,24-,25+/m0/s1. The number of ether oxygens (including phenoxy) is 1. The number of methoxy groups -OCH3 is 1. The average Bonchev–Trinajstić information content (AvgIpc) is 3.12. The van der Waals surface area contributed by atoms with Crippen molar-refractivity contribution in [1.82, 2.24) is 0 Å². The normalized spacial score (nSPS) is 48.6. The minimum atomic E-state index is -0.389. The number of nitrogens with zero attached hydrogens (tertiary/aromatic N) is 3. The van der Waals surface area contributed by atoms with Gasteiger partial charge in [0.15, 0.2) is 0 Å². The molecule has 4 saturated carbocycles. The molecule has 4 aliphatic rings. The van der Waals surface area contributed by atoms with Gasteiger partial charge in [-0.15, -0.1) is 0 Å². The summed E-state index contributed by atoms with van der Waals surface area (Å²) >= 11 is 0. The first kappa shape index (κ1) is 23.8. The van der Waals surface area contributed by atoms with Crippen molar-refractivity contribution >= 4 is 5.97 Å². The van der Waals surface area contributed by atoms with E-state index in [0.29, 0.717) is 36.0 Å². The van der Waals surface area contributed by atoms with Crippen LogP contribution in [0.2, 0.25) is 0 Å². The molecule has 0 spiro atoms. The SMILES string of the molecule is COC(=O)CCC(C)C1CCC2C3C(C[C@H](O)[C@]12C)[C@@]1(C)CC[C@H](N=[N+]=[N-])C[C@H]1C[C@H]3O. The predicted octanol–water partition coefficient (Wildman–Crippen LogP) is 4.86. The molecule has 2 N–H and O–H groups in total. The van der Waals surface area contributed by atoms with Crippen LogP contribution in [0.15, 0.2) is 5.11 Å². The van der Waals surface area contributed by atoms with Gasteiger partial charge in [-0.05, 0) is 103 Å². The number of hydrogen-bond acceptors (Lipinski definition) is 5. The lowest BCUT2D eigenvalue weighted by atomic mass is 9.43. The van der Waals surface area contributed by atoms with Gasteiger partial charge in [-0.1, -0.05) is 25.9 Å². The van der Waals surface area contributed by atoms with E-state index in [1.54, 1.807) is 0 Å². The molecule has 0 bridgehead atoms. The van der Waals surface area contributed by atoms with Gasteiger partial charge in [-0.25, -0.2) is 0 Å². The van der Waals surface area contributed by atoms with Gasteiger partial charge < -0.3 is 14.9 Å². The van der Waals surface area contributed by atoms with E-state index in [0.717, 1.165) is 51.4 Å². The Morgan fingerprint density at radius 3 is 2.62 bits per heavy atom. The topological polar surface area (TPSA) is 116 Å². The third-order valence-electron chi connectivity index (χ3n) is 10.8. The van der Waals surface area contributed by atoms with E-state index in [1.807, 2.05) is 0 Å². The highest BCUT2D eigenvalue weighted by Gasteiger charge is 2.65. The van der Waals surface area contributed by atoms with Gasteiger partial charge in [-0.2, -0.15) is 0 Å². The molecule has 4 fully saturated rings. The van der Waals surface area contributed by atoms with Crippen molar-refractivity contribution < 1.29 is 19.7 Å². The Morgan fingerprint density at radius 2 is 1.94 bits per heavy atom. The summed E-state index contributed by atoms with van der Waals surface area (Å²) in [7, 11) is 1.43. The monoisotopic (exact) mass is 447 g/mol. The fraction of sp³-hybridized carbons (Fsp3) is 0.960. The van der Waals surface area contributed by atoms with Crippen molar-refractivity contribution in [3.63, 3.8) is 0 Å². The summed E-state index contributed by atoms with van der Waals surface area (Å²) in [5.41, 5.74) is 8.75. The summed E-state index contributed by atoms with van der Waals surface area (Å²) in [6, 6.07) is 0.0344. The number of aliphatic hydroxyl groups is 2. The minimum absolute atomic E-state index is 0.0344. The molecule has 180 valence electrons. The summed E-state index contributed by atoms with van der Waals surface area (Å²) in [5.74, 6) is 1.70. The molecular weight excluding hydrogens is 406 g/mol. The number of fused-ring (bicyclic) bond motifs is 5. The Bertz CT molecular complexity index is 770. The molecule has 0 aromatic carbocycles. The van der Waals surface area contributed by atoms with Gasteiger partial charge in [0.25, 0.3) is 0 Å². The predicted molar refractivity (Wildman–Crippen MR) is 121 cm³/mol.